The van der Waals surface area contributed by atoms with E-state index in [0.29, 0.717) is 24.5 Å². The van der Waals surface area contributed by atoms with Gasteiger partial charge in [-0.25, -0.2) is 5.10 Å². The number of aliphatic hydroxyl groups is 1. The molecule has 1 saturated heterocycles. The van der Waals surface area contributed by atoms with Crippen LogP contribution >= 0.6 is 12.2 Å². The number of hydrogen-bond donors (Lipinski definition) is 2. The third-order valence-electron chi connectivity index (χ3n) is 4.01. The van der Waals surface area contributed by atoms with Crippen LogP contribution in [0, 0.1) is 10.8 Å². The fraction of sp³-hybridized carbons (Fsp3) is 0.400. The first-order valence-corrected chi connectivity index (χ1v) is 7.58. The Balaban J connectivity index is 1.73. The van der Waals surface area contributed by atoms with Crippen LogP contribution in [0.4, 0.5) is 0 Å². The van der Waals surface area contributed by atoms with Gasteiger partial charge in [-0.3, -0.25) is 4.79 Å². The van der Waals surface area contributed by atoms with Crippen molar-refractivity contribution in [3.8, 4) is 11.5 Å². The van der Waals surface area contributed by atoms with Gasteiger partial charge >= 0.3 is 0 Å². The van der Waals surface area contributed by atoms with Crippen LogP contribution in [-0.4, -0.2) is 45.3 Å². The number of aromatic amines is 1. The first-order valence-electron chi connectivity index (χ1n) is 7.18. The lowest BCUT2D eigenvalue weighted by molar-refractivity contribution is 0.0762. The van der Waals surface area contributed by atoms with E-state index >= 15 is 0 Å². The molecular weight excluding hydrogens is 302 g/mol. The Labute approximate surface area is 132 Å². The minimum Gasteiger partial charge on any atom is -0.409 e. The number of aliphatic hydroxyl groups excluding tert-OH is 1. The summed E-state index contributed by atoms with van der Waals surface area (Å²) in [6.45, 7) is 3.06. The van der Waals surface area contributed by atoms with Crippen molar-refractivity contribution in [2.45, 2.75) is 19.4 Å². The van der Waals surface area contributed by atoms with Gasteiger partial charge in [-0.15, -0.1) is 5.10 Å². The number of H-pyrrole nitrogens is 1. The minimum atomic E-state index is -0.381. The molecule has 2 atom stereocenters. The van der Waals surface area contributed by atoms with E-state index < -0.39 is 0 Å². The van der Waals surface area contributed by atoms with Crippen LogP contribution in [0.25, 0.3) is 11.5 Å². The number of nitrogens with one attached hydrogen (secondary N) is 1. The maximum Gasteiger partial charge on any atom is 0.284 e. The van der Waals surface area contributed by atoms with Gasteiger partial charge in [-0.05, 0) is 49.8 Å². The summed E-state index contributed by atoms with van der Waals surface area (Å²) in [5, 5.41) is 16.1. The summed E-state index contributed by atoms with van der Waals surface area (Å²) >= 11 is 4.84. The zero-order valence-corrected chi connectivity index (χ0v) is 13.0. The predicted molar refractivity (Wildman–Crippen MR) is 82.8 cm³/mol. The number of nitrogens with zero attached hydrogens (tertiary/aromatic N) is 2. The average Bonchev–Trinajstić information content (AvgIpc) is 3.16. The Morgan fingerprint density at radius 2 is 2.23 bits per heavy atom. The van der Waals surface area contributed by atoms with E-state index in [1.807, 2.05) is 0 Å². The molecule has 116 valence electrons. The van der Waals surface area contributed by atoms with Crippen LogP contribution in [0.1, 0.15) is 23.7 Å². The standard InChI is InChI=1S/C15H17N3O3S/c1-9(19)12-6-7-18(8-12)14(20)11-4-2-10(3-5-11)13-16-17-15(22)21-13/h2-5,9,12,19H,6-8H2,1H3,(H,17,22)/t9-,12+/m0/s1. The maximum absolute atomic E-state index is 12.4. The second-order valence-corrected chi connectivity index (χ2v) is 5.91. The lowest BCUT2D eigenvalue weighted by Crippen LogP contribution is -2.30. The topological polar surface area (TPSA) is 82.4 Å². The largest absolute Gasteiger partial charge is 0.409 e. The fourth-order valence-electron chi connectivity index (χ4n) is 2.66. The molecule has 6 nitrogen and oxygen atoms in total. The molecule has 0 unspecified atom stereocenters. The molecule has 0 aliphatic carbocycles. The van der Waals surface area contributed by atoms with Crippen LogP contribution in [0.2, 0.25) is 0 Å². The van der Waals surface area contributed by atoms with Crippen molar-refractivity contribution in [3.05, 3.63) is 34.7 Å². The average molecular weight is 319 g/mol. The quantitative estimate of drug-likeness (QED) is 0.848. The number of carbonyl (C=O) groups excluding carboxylic acids is 1. The van der Waals surface area contributed by atoms with Crippen molar-refractivity contribution in [2.24, 2.45) is 5.92 Å². The molecule has 2 N–H and O–H groups in total. The van der Waals surface area contributed by atoms with Gasteiger partial charge < -0.3 is 14.4 Å². The molecule has 1 aliphatic rings. The maximum atomic E-state index is 12.4. The number of rotatable bonds is 3. The summed E-state index contributed by atoms with van der Waals surface area (Å²) < 4.78 is 5.24. The predicted octanol–water partition coefficient (Wildman–Crippen LogP) is 2.24. The first kappa shape index (κ1) is 14.9. The highest BCUT2D eigenvalue weighted by atomic mass is 32.1. The number of likely N-dealkylation sites (tertiary alicyclic amines) is 1. The van der Waals surface area contributed by atoms with Crippen molar-refractivity contribution >= 4 is 18.1 Å². The van der Waals surface area contributed by atoms with Crippen molar-refractivity contribution in [3.63, 3.8) is 0 Å². The minimum absolute atomic E-state index is 0.0161. The van der Waals surface area contributed by atoms with Gasteiger partial charge in [0.25, 0.3) is 10.7 Å². The summed E-state index contributed by atoms with van der Waals surface area (Å²) in [7, 11) is 0. The highest BCUT2D eigenvalue weighted by Gasteiger charge is 2.29. The molecule has 0 bridgehead atoms. The van der Waals surface area contributed by atoms with E-state index in [9.17, 15) is 9.90 Å². The molecule has 0 radical (unpaired) electrons. The molecule has 1 aromatic carbocycles. The summed E-state index contributed by atoms with van der Waals surface area (Å²) in [6, 6.07) is 7.06. The van der Waals surface area contributed by atoms with Crippen molar-refractivity contribution in [1.29, 1.82) is 0 Å². The van der Waals surface area contributed by atoms with Crippen LogP contribution < -0.4 is 0 Å². The first-order chi connectivity index (χ1) is 10.5. The summed E-state index contributed by atoms with van der Waals surface area (Å²) in [5.74, 6) is 0.550. The highest BCUT2D eigenvalue weighted by Crippen LogP contribution is 2.23. The van der Waals surface area contributed by atoms with Gasteiger partial charge in [0.15, 0.2) is 0 Å². The number of carbonyl (C=O) groups is 1. The van der Waals surface area contributed by atoms with Crippen LogP contribution in [0.15, 0.2) is 28.7 Å². The molecule has 22 heavy (non-hydrogen) atoms. The molecule has 2 heterocycles. The summed E-state index contributed by atoms with van der Waals surface area (Å²) in [5.41, 5.74) is 1.37. The number of hydrogen-bond acceptors (Lipinski definition) is 5. The van der Waals surface area contributed by atoms with Crippen molar-refractivity contribution in [2.75, 3.05) is 13.1 Å². The van der Waals surface area contributed by atoms with E-state index in [-0.39, 0.29) is 22.8 Å². The monoisotopic (exact) mass is 319 g/mol. The van der Waals surface area contributed by atoms with Gasteiger partial charge in [0.1, 0.15) is 0 Å². The Bertz CT molecular complexity index is 720. The zero-order chi connectivity index (χ0) is 15.7. The second kappa shape index (κ2) is 6.02. The van der Waals surface area contributed by atoms with Gasteiger partial charge in [-0.2, -0.15) is 0 Å². The molecule has 1 amide bonds. The Hall–Kier alpha value is -1.99. The zero-order valence-electron chi connectivity index (χ0n) is 12.2. The SMILES string of the molecule is C[C@H](O)[C@@H]1CCN(C(=O)c2ccc(-c3n[nH]c(=S)o3)cc2)C1. The normalized spacial score (nSPS) is 19.4. The van der Waals surface area contributed by atoms with E-state index in [0.717, 1.165) is 12.0 Å². The molecule has 3 rings (SSSR count). The summed E-state index contributed by atoms with van der Waals surface area (Å²) in [4.78, 5) is 14.5. The van der Waals surface area contributed by atoms with Crippen molar-refractivity contribution < 1.29 is 14.3 Å². The molecule has 0 saturated carbocycles. The molecule has 0 spiro atoms. The smallest absolute Gasteiger partial charge is 0.284 e. The molecular formula is C15H17N3O3S. The van der Waals surface area contributed by atoms with Gasteiger partial charge in [0.05, 0.1) is 6.10 Å². The number of aromatic nitrogens is 2. The fourth-order valence-corrected chi connectivity index (χ4v) is 2.78. The summed E-state index contributed by atoms with van der Waals surface area (Å²) in [6.07, 6.45) is 0.462. The van der Waals surface area contributed by atoms with E-state index in [1.165, 1.54) is 0 Å². The van der Waals surface area contributed by atoms with E-state index in [1.54, 1.807) is 36.1 Å². The van der Waals surface area contributed by atoms with E-state index in [4.69, 9.17) is 16.6 Å². The van der Waals surface area contributed by atoms with E-state index in [2.05, 4.69) is 10.2 Å². The molecule has 2 aromatic rings. The molecule has 1 aliphatic heterocycles. The van der Waals surface area contributed by atoms with Gasteiger partial charge in [-0.1, -0.05) is 0 Å². The lowest BCUT2D eigenvalue weighted by Gasteiger charge is -2.17. The Kier molecular flexibility index (Phi) is 4.08. The van der Waals surface area contributed by atoms with Gasteiger partial charge in [0.2, 0.25) is 5.89 Å². The molecule has 1 aromatic heterocycles. The van der Waals surface area contributed by atoms with Crippen molar-refractivity contribution in [1.82, 2.24) is 15.1 Å². The molecule has 7 heteroatoms. The second-order valence-electron chi connectivity index (χ2n) is 5.54. The molecule has 1 fully saturated rings. The Morgan fingerprint density at radius 1 is 1.50 bits per heavy atom. The van der Waals surface area contributed by atoms with Crippen LogP contribution in [0.5, 0.6) is 0 Å². The van der Waals surface area contributed by atoms with Crippen LogP contribution in [0.3, 0.4) is 0 Å². The number of amides is 1. The lowest BCUT2D eigenvalue weighted by atomic mass is 10.0. The third-order valence-corrected chi connectivity index (χ3v) is 4.19. The number of benzene rings is 1. The third kappa shape index (κ3) is 2.95. The Morgan fingerprint density at radius 3 is 2.77 bits per heavy atom. The van der Waals surface area contributed by atoms with Crippen LogP contribution in [-0.2, 0) is 0 Å². The van der Waals surface area contributed by atoms with Gasteiger partial charge in [0, 0.05) is 30.1 Å². The highest BCUT2D eigenvalue weighted by molar-refractivity contribution is 7.71.